The molecule has 6 nitrogen and oxygen atoms in total. The third-order valence-electron chi connectivity index (χ3n) is 3.72. The molecule has 0 aromatic heterocycles. The Labute approximate surface area is 136 Å². The monoisotopic (exact) mass is 320 g/mol. The number of allylic oxidation sites excluding steroid dienone is 3. The second kappa shape index (κ2) is 7.08. The van der Waals surface area contributed by atoms with Crippen LogP contribution >= 0.6 is 0 Å². The molecule has 0 spiro atoms. The van der Waals surface area contributed by atoms with Crippen molar-refractivity contribution in [3.63, 3.8) is 0 Å². The fourth-order valence-electron chi connectivity index (χ4n) is 2.66. The van der Waals surface area contributed by atoms with E-state index in [1.165, 1.54) is 18.2 Å². The third-order valence-corrected chi connectivity index (χ3v) is 3.72. The van der Waals surface area contributed by atoms with Gasteiger partial charge in [-0.1, -0.05) is 0 Å². The molecular weight excluding hydrogens is 296 g/mol. The molecule has 0 radical (unpaired) electrons. The summed E-state index contributed by atoms with van der Waals surface area (Å²) in [6, 6.07) is 0.0578. The smallest absolute Gasteiger partial charge is 0.407 e. The molecule has 1 atom stereocenters. The number of rotatable bonds is 4. The maximum Gasteiger partial charge on any atom is 0.407 e. The molecule has 1 unspecified atom stereocenters. The van der Waals surface area contributed by atoms with Crippen molar-refractivity contribution in [1.29, 1.82) is 0 Å². The second-order valence-electron chi connectivity index (χ2n) is 6.95. The number of nitrogens with zero attached hydrogens (tertiary/aromatic N) is 1. The molecule has 1 saturated heterocycles. The largest absolute Gasteiger partial charge is 0.444 e. The van der Waals surface area contributed by atoms with Gasteiger partial charge in [-0.3, -0.25) is 9.59 Å². The Hall–Kier alpha value is -1.95. The first kappa shape index (κ1) is 17.4. The van der Waals surface area contributed by atoms with Gasteiger partial charge in [-0.25, -0.2) is 4.79 Å². The molecule has 6 heteroatoms. The lowest BCUT2D eigenvalue weighted by molar-refractivity contribution is -0.114. The minimum atomic E-state index is -0.504. The maximum atomic E-state index is 11.8. The average Bonchev–Trinajstić information content (AvgIpc) is 2.85. The van der Waals surface area contributed by atoms with Gasteiger partial charge in [-0.15, -0.1) is 0 Å². The van der Waals surface area contributed by atoms with E-state index in [0.717, 1.165) is 19.5 Å². The fourth-order valence-corrected chi connectivity index (χ4v) is 2.66. The van der Waals surface area contributed by atoms with Gasteiger partial charge in [0.15, 0.2) is 11.6 Å². The van der Waals surface area contributed by atoms with Gasteiger partial charge >= 0.3 is 6.09 Å². The van der Waals surface area contributed by atoms with Crippen molar-refractivity contribution in [3.8, 4) is 0 Å². The van der Waals surface area contributed by atoms with E-state index in [4.69, 9.17) is 4.74 Å². The van der Waals surface area contributed by atoms with Crippen molar-refractivity contribution < 1.29 is 19.1 Å². The first-order valence-corrected chi connectivity index (χ1v) is 7.92. The molecule has 1 amide bonds. The Kier molecular flexibility index (Phi) is 5.36. The van der Waals surface area contributed by atoms with Crippen molar-refractivity contribution in [1.82, 2.24) is 10.2 Å². The summed E-state index contributed by atoms with van der Waals surface area (Å²) < 4.78 is 5.25. The summed E-state index contributed by atoms with van der Waals surface area (Å²) in [5.41, 5.74) is 0.0528. The molecule has 0 aromatic rings. The molecule has 1 fully saturated rings. The average molecular weight is 320 g/mol. The zero-order chi connectivity index (χ0) is 17.0. The van der Waals surface area contributed by atoms with Crippen molar-refractivity contribution >= 4 is 17.7 Å². The number of alkyl carbamates (subject to hydrolysis) is 1. The summed E-state index contributed by atoms with van der Waals surface area (Å²) in [7, 11) is 0. The predicted octanol–water partition coefficient (Wildman–Crippen LogP) is 1.61. The van der Waals surface area contributed by atoms with Crippen LogP contribution in [0.2, 0.25) is 0 Å². The molecule has 126 valence electrons. The number of ketones is 2. The normalized spacial score (nSPS) is 22.2. The topological polar surface area (TPSA) is 75.7 Å². The van der Waals surface area contributed by atoms with E-state index in [9.17, 15) is 14.4 Å². The van der Waals surface area contributed by atoms with Crippen LogP contribution in [0.15, 0.2) is 23.8 Å². The fraction of sp³-hybridized carbons (Fsp3) is 0.588. The van der Waals surface area contributed by atoms with Crippen LogP contribution in [0.3, 0.4) is 0 Å². The highest BCUT2D eigenvalue weighted by Gasteiger charge is 2.26. The van der Waals surface area contributed by atoms with Crippen LogP contribution in [0.1, 0.15) is 33.6 Å². The van der Waals surface area contributed by atoms with E-state index in [-0.39, 0.29) is 17.6 Å². The molecule has 0 bridgehead atoms. The molecule has 1 aliphatic carbocycles. The zero-order valence-corrected chi connectivity index (χ0v) is 13.9. The van der Waals surface area contributed by atoms with Crippen molar-refractivity contribution in [2.45, 2.75) is 45.3 Å². The highest BCUT2D eigenvalue weighted by Crippen LogP contribution is 2.15. The quantitative estimate of drug-likeness (QED) is 0.797. The molecule has 1 heterocycles. The first-order chi connectivity index (χ1) is 10.7. The van der Waals surface area contributed by atoms with Crippen LogP contribution in [-0.2, 0) is 14.3 Å². The van der Waals surface area contributed by atoms with E-state index in [1.54, 1.807) is 0 Å². The Morgan fingerprint density at radius 3 is 2.78 bits per heavy atom. The molecule has 2 rings (SSSR count). The standard InChI is InChI=1S/C17H24N2O4/c1-17(2,3)23-16(22)18-13-7-9-19(11-13)8-6-12-10-14(20)4-5-15(12)21/h4-5,10,13H,6-9,11H2,1-3H3,(H,18,22). The van der Waals surface area contributed by atoms with Gasteiger partial charge in [0.1, 0.15) is 5.60 Å². The van der Waals surface area contributed by atoms with E-state index in [0.29, 0.717) is 18.5 Å². The van der Waals surface area contributed by atoms with Crippen molar-refractivity contribution in [2.75, 3.05) is 19.6 Å². The third kappa shape index (κ3) is 5.63. The Bertz CT molecular complexity index is 557. The number of amides is 1. The number of hydrogen-bond donors (Lipinski definition) is 1. The predicted molar refractivity (Wildman–Crippen MR) is 86.1 cm³/mol. The first-order valence-electron chi connectivity index (χ1n) is 7.92. The lowest BCUT2D eigenvalue weighted by Crippen LogP contribution is -2.40. The minimum absolute atomic E-state index is 0.0578. The minimum Gasteiger partial charge on any atom is -0.444 e. The van der Waals surface area contributed by atoms with Gasteiger partial charge in [0.25, 0.3) is 0 Å². The van der Waals surface area contributed by atoms with Gasteiger partial charge in [-0.05, 0) is 51.8 Å². The molecule has 0 saturated carbocycles. The van der Waals surface area contributed by atoms with E-state index >= 15 is 0 Å². The second-order valence-corrected chi connectivity index (χ2v) is 6.95. The van der Waals surface area contributed by atoms with Crippen molar-refractivity contribution in [2.24, 2.45) is 0 Å². The Balaban J connectivity index is 1.74. The molecule has 2 aliphatic rings. The summed E-state index contributed by atoms with van der Waals surface area (Å²) >= 11 is 0. The van der Waals surface area contributed by atoms with Gasteiger partial charge < -0.3 is 15.0 Å². The maximum absolute atomic E-state index is 11.8. The van der Waals surface area contributed by atoms with Crippen LogP contribution in [-0.4, -0.2) is 53.8 Å². The number of ether oxygens (including phenoxy) is 1. The van der Waals surface area contributed by atoms with E-state index < -0.39 is 11.7 Å². The molecule has 0 aromatic carbocycles. The van der Waals surface area contributed by atoms with Crippen LogP contribution < -0.4 is 5.32 Å². The van der Waals surface area contributed by atoms with Crippen LogP contribution in [0.25, 0.3) is 0 Å². The highest BCUT2D eigenvalue weighted by atomic mass is 16.6. The van der Waals surface area contributed by atoms with Gasteiger partial charge in [0.2, 0.25) is 0 Å². The lowest BCUT2D eigenvalue weighted by Gasteiger charge is -2.22. The molecule has 1 N–H and O–H groups in total. The number of likely N-dealkylation sites (tertiary alicyclic amines) is 1. The van der Waals surface area contributed by atoms with Crippen LogP contribution in [0.4, 0.5) is 4.79 Å². The number of hydrogen-bond acceptors (Lipinski definition) is 5. The van der Waals surface area contributed by atoms with Crippen LogP contribution in [0, 0.1) is 0 Å². The number of carbonyl (C=O) groups excluding carboxylic acids is 3. The van der Waals surface area contributed by atoms with Crippen LogP contribution in [0.5, 0.6) is 0 Å². The SMILES string of the molecule is CC(C)(C)OC(=O)NC1CCN(CCC2=CC(=O)C=CC2=O)C1. The van der Waals surface area contributed by atoms with Crippen molar-refractivity contribution in [3.05, 3.63) is 23.8 Å². The zero-order valence-electron chi connectivity index (χ0n) is 13.9. The summed E-state index contributed by atoms with van der Waals surface area (Å²) in [5, 5.41) is 2.87. The Morgan fingerprint density at radius 2 is 2.09 bits per heavy atom. The number of nitrogens with one attached hydrogen (secondary N) is 1. The van der Waals surface area contributed by atoms with E-state index in [1.807, 2.05) is 20.8 Å². The summed E-state index contributed by atoms with van der Waals surface area (Å²) in [6.07, 6.45) is 5.04. The molecular formula is C17H24N2O4. The van der Waals surface area contributed by atoms with Gasteiger partial charge in [-0.2, -0.15) is 0 Å². The van der Waals surface area contributed by atoms with E-state index in [2.05, 4.69) is 10.2 Å². The summed E-state index contributed by atoms with van der Waals surface area (Å²) in [4.78, 5) is 36.9. The highest BCUT2D eigenvalue weighted by molar-refractivity contribution is 6.17. The summed E-state index contributed by atoms with van der Waals surface area (Å²) in [6.45, 7) is 7.77. The van der Waals surface area contributed by atoms with Gasteiger partial charge in [0, 0.05) is 31.2 Å². The Morgan fingerprint density at radius 1 is 1.35 bits per heavy atom. The van der Waals surface area contributed by atoms with Gasteiger partial charge in [0.05, 0.1) is 0 Å². The summed E-state index contributed by atoms with van der Waals surface area (Å²) in [5.74, 6) is -0.224. The number of carbonyl (C=O) groups is 3. The molecule has 23 heavy (non-hydrogen) atoms. The lowest BCUT2D eigenvalue weighted by atomic mass is 10.0. The molecule has 1 aliphatic heterocycles.